The maximum atomic E-state index is 12.1. The lowest BCUT2D eigenvalue weighted by molar-refractivity contribution is -0.151. The Balaban J connectivity index is 2.99. The van der Waals surface area contributed by atoms with Gasteiger partial charge in [-0.05, 0) is 26.2 Å². The molecule has 1 N–H and O–H groups in total. The summed E-state index contributed by atoms with van der Waals surface area (Å²) in [7, 11) is 0. The average molecular weight is 226 g/mol. The predicted octanol–water partition coefficient (Wildman–Crippen LogP) is 1.30. The first-order valence-electron chi connectivity index (χ1n) is 6.11. The molecule has 0 aromatic heterocycles. The molecule has 0 saturated carbocycles. The van der Waals surface area contributed by atoms with Crippen LogP contribution < -0.4 is 5.32 Å². The van der Waals surface area contributed by atoms with Crippen molar-refractivity contribution in [3.63, 3.8) is 0 Å². The minimum absolute atomic E-state index is 0.0464. The molecule has 16 heavy (non-hydrogen) atoms. The minimum atomic E-state index is -0.384. The summed E-state index contributed by atoms with van der Waals surface area (Å²) in [5.41, 5.74) is -0.150. The highest BCUT2D eigenvalue weighted by atomic mass is 16.2. The van der Waals surface area contributed by atoms with Crippen LogP contribution in [0.2, 0.25) is 0 Å². The van der Waals surface area contributed by atoms with Crippen LogP contribution in [0.5, 0.6) is 0 Å². The minimum Gasteiger partial charge on any atom is -0.343 e. The number of rotatable bonds is 4. The molecule has 1 unspecified atom stereocenters. The Hall–Kier alpha value is -1.06. The highest BCUT2D eigenvalue weighted by molar-refractivity contribution is 5.95. The van der Waals surface area contributed by atoms with Crippen LogP contribution in [0.3, 0.4) is 0 Å². The molecule has 0 aliphatic carbocycles. The largest absolute Gasteiger partial charge is 0.343 e. The zero-order chi connectivity index (χ0) is 12.3. The molecule has 1 fully saturated rings. The van der Waals surface area contributed by atoms with Crippen molar-refractivity contribution in [1.29, 1.82) is 0 Å². The standard InChI is InChI=1S/C12H22N2O2/c1-5-12(6-2,7-3)14-8-10(15)13-9(4)11(14)16/h9H,5-8H2,1-4H3,(H,13,15). The quantitative estimate of drug-likeness (QED) is 0.785. The van der Waals surface area contributed by atoms with Gasteiger partial charge in [-0.3, -0.25) is 9.59 Å². The molecular weight excluding hydrogens is 204 g/mol. The van der Waals surface area contributed by atoms with Gasteiger partial charge in [-0.1, -0.05) is 20.8 Å². The normalized spacial score (nSPS) is 22.2. The van der Waals surface area contributed by atoms with Crippen LogP contribution in [0.4, 0.5) is 0 Å². The van der Waals surface area contributed by atoms with Crippen molar-refractivity contribution in [3.8, 4) is 0 Å². The molecule has 0 radical (unpaired) electrons. The van der Waals surface area contributed by atoms with Crippen molar-refractivity contribution >= 4 is 11.8 Å². The maximum Gasteiger partial charge on any atom is 0.245 e. The average Bonchev–Trinajstić information content (AvgIpc) is 2.28. The van der Waals surface area contributed by atoms with E-state index in [2.05, 4.69) is 26.1 Å². The van der Waals surface area contributed by atoms with E-state index in [1.165, 1.54) is 0 Å². The number of amides is 2. The van der Waals surface area contributed by atoms with Gasteiger partial charge >= 0.3 is 0 Å². The van der Waals surface area contributed by atoms with E-state index in [4.69, 9.17) is 0 Å². The third-order valence-corrected chi connectivity index (χ3v) is 3.86. The van der Waals surface area contributed by atoms with Gasteiger partial charge in [0.2, 0.25) is 11.8 Å². The number of piperazine rings is 1. The molecule has 2 amide bonds. The van der Waals surface area contributed by atoms with E-state index < -0.39 is 0 Å². The topological polar surface area (TPSA) is 49.4 Å². The van der Waals surface area contributed by atoms with Crippen molar-refractivity contribution in [2.45, 2.75) is 58.5 Å². The first-order valence-corrected chi connectivity index (χ1v) is 6.11. The molecule has 4 heteroatoms. The van der Waals surface area contributed by atoms with Crippen LogP contribution in [0.15, 0.2) is 0 Å². The van der Waals surface area contributed by atoms with E-state index in [-0.39, 0.29) is 29.9 Å². The summed E-state index contributed by atoms with van der Waals surface area (Å²) in [5, 5.41) is 2.67. The van der Waals surface area contributed by atoms with Crippen molar-refractivity contribution in [1.82, 2.24) is 10.2 Å². The molecule has 4 nitrogen and oxygen atoms in total. The second-order valence-electron chi connectivity index (χ2n) is 4.50. The third kappa shape index (κ3) is 2.06. The molecule has 1 rings (SSSR count). The van der Waals surface area contributed by atoms with Gasteiger partial charge in [-0.15, -0.1) is 0 Å². The first kappa shape index (κ1) is 13.0. The molecule has 1 aliphatic rings. The van der Waals surface area contributed by atoms with E-state index in [1.807, 2.05) is 0 Å². The second kappa shape index (κ2) is 4.85. The Morgan fingerprint density at radius 1 is 1.25 bits per heavy atom. The number of nitrogens with one attached hydrogen (secondary N) is 1. The molecule has 1 heterocycles. The lowest BCUT2D eigenvalue weighted by Gasteiger charge is -2.45. The summed E-state index contributed by atoms with van der Waals surface area (Å²) in [4.78, 5) is 25.4. The van der Waals surface area contributed by atoms with Gasteiger partial charge in [-0.25, -0.2) is 0 Å². The molecule has 1 aliphatic heterocycles. The predicted molar refractivity (Wildman–Crippen MR) is 62.9 cm³/mol. The van der Waals surface area contributed by atoms with Gasteiger partial charge in [0, 0.05) is 5.54 Å². The number of nitrogens with zero attached hydrogens (tertiary/aromatic N) is 1. The number of carbonyl (C=O) groups is 2. The summed E-state index contributed by atoms with van der Waals surface area (Å²) >= 11 is 0. The molecule has 92 valence electrons. The summed E-state index contributed by atoms with van der Waals surface area (Å²) in [6, 6.07) is -0.384. The molecule has 0 bridgehead atoms. The number of carbonyl (C=O) groups excluding carboxylic acids is 2. The van der Waals surface area contributed by atoms with Gasteiger partial charge < -0.3 is 10.2 Å². The number of hydrogen-bond acceptors (Lipinski definition) is 2. The van der Waals surface area contributed by atoms with E-state index in [0.717, 1.165) is 19.3 Å². The first-order chi connectivity index (χ1) is 7.50. The van der Waals surface area contributed by atoms with Crippen LogP contribution in [0, 0.1) is 0 Å². The van der Waals surface area contributed by atoms with Crippen LogP contribution >= 0.6 is 0 Å². The van der Waals surface area contributed by atoms with Gasteiger partial charge in [0.15, 0.2) is 0 Å². The molecule has 1 atom stereocenters. The van der Waals surface area contributed by atoms with Gasteiger partial charge in [0.1, 0.15) is 12.6 Å². The van der Waals surface area contributed by atoms with Crippen LogP contribution in [0.25, 0.3) is 0 Å². The second-order valence-corrected chi connectivity index (χ2v) is 4.50. The Bertz CT molecular complexity index is 276. The summed E-state index contributed by atoms with van der Waals surface area (Å²) in [6.45, 7) is 8.20. The maximum absolute atomic E-state index is 12.1. The van der Waals surface area contributed by atoms with E-state index in [9.17, 15) is 9.59 Å². The van der Waals surface area contributed by atoms with Gasteiger partial charge in [-0.2, -0.15) is 0 Å². The lowest BCUT2D eigenvalue weighted by atomic mass is 9.86. The lowest BCUT2D eigenvalue weighted by Crippen LogP contribution is -2.64. The van der Waals surface area contributed by atoms with Gasteiger partial charge in [0.05, 0.1) is 0 Å². The Kier molecular flexibility index (Phi) is 3.94. The van der Waals surface area contributed by atoms with Crippen LogP contribution in [-0.2, 0) is 9.59 Å². The SMILES string of the molecule is CCC(CC)(CC)N1CC(=O)NC(C)C1=O. The molecule has 0 aromatic rings. The van der Waals surface area contributed by atoms with E-state index >= 15 is 0 Å². The Morgan fingerprint density at radius 3 is 2.19 bits per heavy atom. The Labute approximate surface area is 97.4 Å². The summed E-state index contributed by atoms with van der Waals surface area (Å²) in [6.07, 6.45) is 2.68. The number of hydrogen-bond donors (Lipinski definition) is 1. The zero-order valence-corrected chi connectivity index (χ0v) is 10.7. The summed E-state index contributed by atoms with van der Waals surface area (Å²) in [5.74, 6) is -0.00280. The van der Waals surface area contributed by atoms with Crippen LogP contribution in [0.1, 0.15) is 47.0 Å². The zero-order valence-electron chi connectivity index (χ0n) is 10.7. The highest BCUT2D eigenvalue weighted by Crippen LogP contribution is 2.29. The molecular formula is C12H22N2O2. The molecule has 1 saturated heterocycles. The third-order valence-electron chi connectivity index (χ3n) is 3.86. The van der Waals surface area contributed by atoms with Gasteiger partial charge in [0.25, 0.3) is 0 Å². The summed E-state index contributed by atoms with van der Waals surface area (Å²) < 4.78 is 0. The van der Waals surface area contributed by atoms with Crippen molar-refractivity contribution in [2.75, 3.05) is 6.54 Å². The Morgan fingerprint density at radius 2 is 1.75 bits per heavy atom. The van der Waals surface area contributed by atoms with Crippen molar-refractivity contribution in [2.24, 2.45) is 0 Å². The van der Waals surface area contributed by atoms with Crippen molar-refractivity contribution in [3.05, 3.63) is 0 Å². The molecule has 0 spiro atoms. The smallest absolute Gasteiger partial charge is 0.245 e. The molecule has 0 aromatic carbocycles. The monoisotopic (exact) mass is 226 g/mol. The van der Waals surface area contributed by atoms with E-state index in [1.54, 1.807) is 11.8 Å². The fourth-order valence-electron chi connectivity index (χ4n) is 2.53. The van der Waals surface area contributed by atoms with Crippen molar-refractivity contribution < 1.29 is 9.59 Å². The highest BCUT2D eigenvalue weighted by Gasteiger charge is 2.41. The fourth-order valence-corrected chi connectivity index (χ4v) is 2.53. The van der Waals surface area contributed by atoms with Crippen LogP contribution in [-0.4, -0.2) is 34.8 Å². The van der Waals surface area contributed by atoms with E-state index in [0.29, 0.717) is 0 Å². The fraction of sp³-hybridized carbons (Fsp3) is 0.833.